The summed E-state index contributed by atoms with van der Waals surface area (Å²) in [5, 5.41) is 13.8. The molecule has 0 radical (unpaired) electrons. The van der Waals surface area contributed by atoms with Crippen LogP contribution < -0.4 is 10.6 Å². The van der Waals surface area contributed by atoms with Crippen LogP contribution in [0.2, 0.25) is 0 Å². The maximum Gasteiger partial charge on any atom is 0.326 e. The van der Waals surface area contributed by atoms with Gasteiger partial charge in [-0.05, 0) is 18.3 Å². The molecular weight excluding hydrogens is 248 g/mol. The van der Waals surface area contributed by atoms with Gasteiger partial charge in [0, 0.05) is 6.42 Å². The second-order valence-corrected chi connectivity index (χ2v) is 5.46. The Bertz CT molecular complexity index is 327. The first-order valence-corrected chi connectivity index (χ1v) is 6.51. The molecule has 0 aromatic rings. The number of carbonyl (C=O) groups is 3. The molecule has 6 nitrogen and oxygen atoms in total. The predicted octanol–water partition coefficient (Wildman–Crippen LogP) is 0.764. The molecule has 0 unspecified atom stereocenters. The number of amides is 2. The lowest BCUT2D eigenvalue weighted by atomic mass is 10.0. The van der Waals surface area contributed by atoms with Crippen molar-refractivity contribution in [2.45, 2.75) is 46.6 Å². The number of hydrogen-bond acceptors (Lipinski definition) is 3. The van der Waals surface area contributed by atoms with E-state index in [0.29, 0.717) is 12.8 Å². The van der Waals surface area contributed by atoms with Crippen LogP contribution in [0, 0.1) is 11.8 Å². The Morgan fingerprint density at radius 1 is 1.00 bits per heavy atom. The highest BCUT2D eigenvalue weighted by Gasteiger charge is 2.21. The van der Waals surface area contributed by atoms with E-state index in [1.807, 2.05) is 27.7 Å². The number of carboxylic acids is 1. The van der Waals surface area contributed by atoms with Gasteiger partial charge in [-0.25, -0.2) is 4.79 Å². The van der Waals surface area contributed by atoms with Crippen molar-refractivity contribution >= 4 is 17.8 Å². The minimum absolute atomic E-state index is 0.164. The highest BCUT2D eigenvalue weighted by molar-refractivity contribution is 5.87. The van der Waals surface area contributed by atoms with Gasteiger partial charge in [0.2, 0.25) is 11.8 Å². The van der Waals surface area contributed by atoms with E-state index in [1.54, 1.807) is 0 Å². The number of rotatable bonds is 8. The molecule has 0 rings (SSSR count). The van der Waals surface area contributed by atoms with Gasteiger partial charge in [-0.1, -0.05) is 27.7 Å². The molecular formula is C13H24N2O4. The largest absolute Gasteiger partial charge is 0.480 e. The van der Waals surface area contributed by atoms with Crippen molar-refractivity contribution in [1.82, 2.24) is 10.6 Å². The molecule has 0 aliphatic heterocycles. The van der Waals surface area contributed by atoms with Gasteiger partial charge in [0.1, 0.15) is 6.04 Å². The predicted molar refractivity (Wildman–Crippen MR) is 71.5 cm³/mol. The summed E-state index contributed by atoms with van der Waals surface area (Å²) in [6, 6.07) is -0.908. The van der Waals surface area contributed by atoms with Gasteiger partial charge in [0.25, 0.3) is 0 Å². The van der Waals surface area contributed by atoms with Crippen molar-refractivity contribution in [3.8, 4) is 0 Å². The zero-order valence-electron chi connectivity index (χ0n) is 12.0. The molecule has 0 saturated heterocycles. The molecule has 0 aliphatic carbocycles. The summed E-state index contributed by atoms with van der Waals surface area (Å²) >= 11 is 0. The Labute approximate surface area is 113 Å². The van der Waals surface area contributed by atoms with Crippen LogP contribution in [0.1, 0.15) is 40.5 Å². The lowest BCUT2D eigenvalue weighted by molar-refractivity contribution is -0.142. The molecule has 0 aromatic heterocycles. The zero-order chi connectivity index (χ0) is 15.0. The monoisotopic (exact) mass is 272 g/mol. The Hall–Kier alpha value is -1.59. The first-order chi connectivity index (χ1) is 8.72. The van der Waals surface area contributed by atoms with Crippen LogP contribution >= 0.6 is 0 Å². The summed E-state index contributed by atoms with van der Waals surface area (Å²) in [5.74, 6) is -1.37. The van der Waals surface area contributed by atoms with E-state index in [9.17, 15) is 14.4 Å². The number of nitrogens with one attached hydrogen (secondary N) is 2. The molecule has 0 saturated carbocycles. The van der Waals surface area contributed by atoms with E-state index >= 15 is 0 Å². The molecule has 110 valence electrons. The summed E-state index contributed by atoms with van der Waals surface area (Å²) in [6.45, 7) is 7.39. The fraction of sp³-hybridized carbons (Fsp3) is 0.769. The minimum Gasteiger partial charge on any atom is -0.480 e. The maximum absolute atomic E-state index is 11.5. The van der Waals surface area contributed by atoms with Crippen LogP contribution in [-0.4, -0.2) is 35.5 Å². The Balaban J connectivity index is 4.13. The summed E-state index contributed by atoms with van der Waals surface area (Å²) in [5.41, 5.74) is 0. The van der Waals surface area contributed by atoms with Gasteiger partial charge in [-0.3, -0.25) is 9.59 Å². The molecule has 2 amide bonds. The van der Waals surface area contributed by atoms with E-state index in [-0.39, 0.29) is 24.3 Å². The van der Waals surface area contributed by atoms with E-state index < -0.39 is 17.9 Å². The van der Waals surface area contributed by atoms with Crippen molar-refractivity contribution in [1.29, 1.82) is 0 Å². The second kappa shape index (κ2) is 8.50. The Morgan fingerprint density at radius 2 is 1.58 bits per heavy atom. The van der Waals surface area contributed by atoms with Crippen LogP contribution in [0.15, 0.2) is 0 Å². The quantitative estimate of drug-likeness (QED) is 0.608. The molecule has 0 bridgehead atoms. The summed E-state index contributed by atoms with van der Waals surface area (Å²) < 4.78 is 0. The first-order valence-electron chi connectivity index (χ1n) is 6.51. The third-order valence-electron chi connectivity index (χ3n) is 2.38. The van der Waals surface area contributed by atoms with Crippen LogP contribution in [0.5, 0.6) is 0 Å². The van der Waals surface area contributed by atoms with Gasteiger partial charge in [0.15, 0.2) is 0 Å². The summed E-state index contributed by atoms with van der Waals surface area (Å²) in [4.78, 5) is 33.8. The minimum atomic E-state index is -1.06. The highest BCUT2D eigenvalue weighted by Crippen LogP contribution is 2.04. The number of aliphatic carboxylic acids is 1. The van der Waals surface area contributed by atoms with E-state index in [2.05, 4.69) is 10.6 Å². The van der Waals surface area contributed by atoms with Gasteiger partial charge < -0.3 is 15.7 Å². The van der Waals surface area contributed by atoms with Gasteiger partial charge in [-0.2, -0.15) is 0 Å². The normalized spacial score (nSPS) is 12.3. The molecule has 0 heterocycles. The first kappa shape index (κ1) is 17.4. The number of carbonyl (C=O) groups excluding carboxylic acids is 2. The van der Waals surface area contributed by atoms with Crippen LogP contribution in [0.3, 0.4) is 0 Å². The van der Waals surface area contributed by atoms with E-state index in [0.717, 1.165) is 0 Å². The number of carboxylic acid groups (broad SMARTS) is 1. The van der Waals surface area contributed by atoms with Crippen LogP contribution in [-0.2, 0) is 14.4 Å². The van der Waals surface area contributed by atoms with Crippen molar-refractivity contribution in [2.24, 2.45) is 11.8 Å². The highest BCUT2D eigenvalue weighted by atomic mass is 16.4. The molecule has 1 atom stereocenters. The Kier molecular flexibility index (Phi) is 7.79. The summed E-state index contributed by atoms with van der Waals surface area (Å²) in [7, 11) is 0. The SMILES string of the molecule is CC(C)CC(=O)NCC(=O)N[C@@H](CC(C)C)C(=O)O. The lowest BCUT2D eigenvalue weighted by Gasteiger charge is -2.16. The van der Waals surface area contributed by atoms with Crippen molar-refractivity contribution in [3.63, 3.8) is 0 Å². The van der Waals surface area contributed by atoms with Crippen molar-refractivity contribution < 1.29 is 19.5 Å². The second-order valence-electron chi connectivity index (χ2n) is 5.46. The smallest absolute Gasteiger partial charge is 0.326 e. The Morgan fingerprint density at radius 3 is 2.00 bits per heavy atom. The van der Waals surface area contributed by atoms with E-state index in [4.69, 9.17) is 5.11 Å². The molecule has 0 aromatic carbocycles. The summed E-state index contributed by atoms with van der Waals surface area (Å²) in [6.07, 6.45) is 0.711. The van der Waals surface area contributed by atoms with Crippen molar-refractivity contribution in [3.05, 3.63) is 0 Å². The standard InChI is InChI=1S/C13H24N2O4/c1-8(2)5-10(13(18)19)15-12(17)7-14-11(16)6-9(3)4/h8-10H,5-7H2,1-4H3,(H,14,16)(H,15,17)(H,18,19)/t10-/m0/s1. The molecule has 19 heavy (non-hydrogen) atoms. The molecule has 0 aliphatic rings. The third kappa shape index (κ3) is 9.04. The number of hydrogen-bond donors (Lipinski definition) is 3. The third-order valence-corrected chi connectivity index (χ3v) is 2.38. The maximum atomic E-state index is 11.5. The van der Waals surface area contributed by atoms with E-state index in [1.165, 1.54) is 0 Å². The molecule has 3 N–H and O–H groups in total. The topological polar surface area (TPSA) is 95.5 Å². The fourth-order valence-corrected chi connectivity index (χ4v) is 1.56. The van der Waals surface area contributed by atoms with Crippen LogP contribution in [0.4, 0.5) is 0 Å². The van der Waals surface area contributed by atoms with Crippen molar-refractivity contribution in [2.75, 3.05) is 6.54 Å². The van der Waals surface area contributed by atoms with Gasteiger partial charge >= 0.3 is 5.97 Å². The fourth-order valence-electron chi connectivity index (χ4n) is 1.56. The average molecular weight is 272 g/mol. The average Bonchev–Trinajstić information content (AvgIpc) is 2.23. The lowest BCUT2D eigenvalue weighted by Crippen LogP contribution is -2.46. The molecule has 0 fully saturated rings. The molecule has 6 heteroatoms. The van der Waals surface area contributed by atoms with Gasteiger partial charge in [0.05, 0.1) is 6.54 Å². The zero-order valence-corrected chi connectivity index (χ0v) is 12.0. The van der Waals surface area contributed by atoms with Crippen LogP contribution in [0.25, 0.3) is 0 Å². The van der Waals surface area contributed by atoms with Gasteiger partial charge in [-0.15, -0.1) is 0 Å². The molecule has 0 spiro atoms.